The standard InChI is InChI=1S/C15H15N3O3S2/c1-10-9-23-15(19)18(10)7-8-22-14-17-16-13(21-14)11-5-3-4-6-12(11)20-2/h3-6,9H,7-8H2,1-2H3. The van der Waals surface area contributed by atoms with E-state index in [1.165, 1.54) is 23.1 Å². The van der Waals surface area contributed by atoms with Gasteiger partial charge >= 0.3 is 4.87 Å². The Morgan fingerprint density at radius 1 is 1.35 bits per heavy atom. The Morgan fingerprint density at radius 3 is 2.91 bits per heavy atom. The smallest absolute Gasteiger partial charge is 0.307 e. The molecule has 2 aromatic heterocycles. The molecule has 3 rings (SSSR count). The van der Waals surface area contributed by atoms with E-state index in [0.29, 0.717) is 29.2 Å². The molecule has 6 nitrogen and oxygen atoms in total. The van der Waals surface area contributed by atoms with Crippen molar-refractivity contribution in [3.8, 4) is 17.2 Å². The van der Waals surface area contributed by atoms with Gasteiger partial charge in [-0.05, 0) is 19.1 Å². The van der Waals surface area contributed by atoms with Crippen molar-refractivity contribution in [3.63, 3.8) is 0 Å². The monoisotopic (exact) mass is 349 g/mol. The van der Waals surface area contributed by atoms with Gasteiger partial charge in [-0.15, -0.1) is 10.2 Å². The zero-order chi connectivity index (χ0) is 16.2. The van der Waals surface area contributed by atoms with E-state index in [-0.39, 0.29) is 4.87 Å². The van der Waals surface area contributed by atoms with Crippen LogP contribution < -0.4 is 9.61 Å². The SMILES string of the molecule is COc1ccccc1-c1nnc(SCCn2c(C)csc2=O)o1. The normalized spacial score (nSPS) is 10.9. The third kappa shape index (κ3) is 3.48. The van der Waals surface area contributed by atoms with Crippen LogP contribution in [-0.4, -0.2) is 27.6 Å². The first-order chi connectivity index (χ1) is 11.2. The Labute approximate surface area is 141 Å². The summed E-state index contributed by atoms with van der Waals surface area (Å²) in [6.45, 7) is 2.54. The van der Waals surface area contributed by atoms with Crippen molar-refractivity contribution in [3.05, 3.63) is 45.0 Å². The lowest BCUT2D eigenvalue weighted by Crippen LogP contribution is -2.15. The summed E-state index contributed by atoms with van der Waals surface area (Å²) in [4.78, 5) is 11.7. The second-order valence-electron chi connectivity index (χ2n) is 4.72. The van der Waals surface area contributed by atoms with Crippen molar-refractivity contribution in [1.29, 1.82) is 0 Å². The fraction of sp³-hybridized carbons (Fsp3) is 0.267. The van der Waals surface area contributed by atoms with Crippen LogP contribution in [0.3, 0.4) is 0 Å². The summed E-state index contributed by atoms with van der Waals surface area (Å²) in [7, 11) is 1.60. The van der Waals surface area contributed by atoms with Crippen molar-refractivity contribution in [2.75, 3.05) is 12.9 Å². The Kier molecular flexibility index (Phi) is 4.82. The van der Waals surface area contributed by atoms with Gasteiger partial charge in [0, 0.05) is 23.4 Å². The van der Waals surface area contributed by atoms with Crippen LogP contribution in [0.15, 0.2) is 44.1 Å². The number of thiazole rings is 1. The molecule has 0 saturated carbocycles. The van der Waals surface area contributed by atoms with E-state index in [9.17, 15) is 4.79 Å². The molecule has 0 N–H and O–H groups in total. The molecule has 120 valence electrons. The number of nitrogens with zero attached hydrogens (tertiary/aromatic N) is 3. The zero-order valence-corrected chi connectivity index (χ0v) is 14.3. The third-order valence-corrected chi connectivity index (χ3v) is 4.94. The first kappa shape index (κ1) is 15.8. The van der Waals surface area contributed by atoms with E-state index in [1.54, 1.807) is 11.7 Å². The predicted octanol–water partition coefficient (Wildman–Crippen LogP) is 3.07. The molecule has 0 amide bonds. The largest absolute Gasteiger partial charge is 0.496 e. The molecular formula is C15H15N3O3S2. The molecule has 0 radical (unpaired) electrons. The maximum atomic E-state index is 11.6. The number of rotatable bonds is 6. The quantitative estimate of drug-likeness (QED) is 0.637. The average Bonchev–Trinajstić information content (AvgIpc) is 3.16. The van der Waals surface area contributed by atoms with Crippen LogP contribution in [0, 0.1) is 6.92 Å². The summed E-state index contributed by atoms with van der Waals surface area (Å²) in [5, 5.41) is 10.4. The Hall–Kier alpha value is -2.06. The molecule has 0 aliphatic heterocycles. The van der Waals surface area contributed by atoms with Crippen LogP contribution in [0.25, 0.3) is 11.5 Å². The van der Waals surface area contributed by atoms with E-state index in [4.69, 9.17) is 9.15 Å². The molecule has 0 spiro atoms. The van der Waals surface area contributed by atoms with Gasteiger partial charge in [0.2, 0.25) is 0 Å². The number of thioether (sulfide) groups is 1. The second-order valence-corrected chi connectivity index (χ2v) is 6.58. The molecule has 1 aromatic carbocycles. The minimum atomic E-state index is 0.0586. The maximum absolute atomic E-state index is 11.6. The van der Waals surface area contributed by atoms with Gasteiger partial charge in [0.25, 0.3) is 11.1 Å². The number of aromatic nitrogens is 3. The molecule has 23 heavy (non-hydrogen) atoms. The number of para-hydroxylation sites is 1. The summed E-state index contributed by atoms with van der Waals surface area (Å²) < 4.78 is 12.7. The summed E-state index contributed by atoms with van der Waals surface area (Å²) in [6, 6.07) is 7.49. The Balaban J connectivity index is 1.67. The van der Waals surface area contributed by atoms with Crippen LogP contribution in [0.2, 0.25) is 0 Å². The fourth-order valence-corrected chi connectivity index (χ4v) is 3.54. The highest BCUT2D eigenvalue weighted by atomic mass is 32.2. The number of hydrogen-bond donors (Lipinski definition) is 0. The highest BCUT2D eigenvalue weighted by molar-refractivity contribution is 7.99. The fourth-order valence-electron chi connectivity index (χ4n) is 2.10. The molecule has 0 aliphatic rings. The van der Waals surface area contributed by atoms with Gasteiger partial charge in [0.1, 0.15) is 5.75 Å². The number of benzene rings is 1. The van der Waals surface area contributed by atoms with Gasteiger partial charge in [0.15, 0.2) is 0 Å². The van der Waals surface area contributed by atoms with E-state index < -0.39 is 0 Å². The lowest BCUT2D eigenvalue weighted by Gasteiger charge is -2.03. The van der Waals surface area contributed by atoms with Crippen molar-refractivity contribution >= 4 is 23.1 Å². The lowest BCUT2D eigenvalue weighted by molar-refractivity contribution is 0.411. The molecule has 0 fully saturated rings. The van der Waals surface area contributed by atoms with E-state index >= 15 is 0 Å². The van der Waals surface area contributed by atoms with E-state index in [0.717, 1.165) is 11.3 Å². The molecule has 0 unspecified atom stereocenters. The van der Waals surface area contributed by atoms with Crippen LogP contribution >= 0.6 is 23.1 Å². The molecule has 3 aromatic rings. The van der Waals surface area contributed by atoms with Gasteiger partial charge in [-0.25, -0.2) is 0 Å². The minimum Gasteiger partial charge on any atom is -0.496 e. The maximum Gasteiger partial charge on any atom is 0.307 e. The first-order valence-corrected chi connectivity index (χ1v) is 8.80. The highest BCUT2D eigenvalue weighted by Gasteiger charge is 2.13. The van der Waals surface area contributed by atoms with Crippen molar-refractivity contribution < 1.29 is 9.15 Å². The van der Waals surface area contributed by atoms with Crippen molar-refractivity contribution in [2.45, 2.75) is 18.7 Å². The molecule has 0 bridgehead atoms. The topological polar surface area (TPSA) is 70.2 Å². The number of hydrogen-bond acceptors (Lipinski definition) is 7. The number of ether oxygens (including phenoxy) is 1. The van der Waals surface area contributed by atoms with Crippen molar-refractivity contribution in [2.24, 2.45) is 0 Å². The van der Waals surface area contributed by atoms with E-state index in [2.05, 4.69) is 10.2 Å². The number of aryl methyl sites for hydroxylation is 1. The van der Waals surface area contributed by atoms with Crippen LogP contribution in [0.5, 0.6) is 5.75 Å². The van der Waals surface area contributed by atoms with E-state index in [1.807, 2.05) is 36.6 Å². The first-order valence-electron chi connectivity index (χ1n) is 6.93. The molecule has 0 saturated heterocycles. The van der Waals surface area contributed by atoms with Crippen LogP contribution in [0.1, 0.15) is 5.69 Å². The Morgan fingerprint density at radius 2 is 2.17 bits per heavy atom. The van der Waals surface area contributed by atoms with Crippen LogP contribution in [0.4, 0.5) is 0 Å². The van der Waals surface area contributed by atoms with Crippen LogP contribution in [-0.2, 0) is 6.54 Å². The summed E-state index contributed by atoms with van der Waals surface area (Å²) >= 11 is 2.64. The molecule has 0 aliphatic carbocycles. The second kappa shape index (κ2) is 7.01. The zero-order valence-electron chi connectivity index (χ0n) is 12.7. The molecule has 8 heteroatoms. The van der Waals surface area contributed by atoms with Crippen molar-refractivity contribution in [1.82, 2.24) is 14.8 Å². The molecular weight excluding hydrogens is 334 g/mol. The van der Waals surface area contributed by atoms with Gasteiger partial charge in [0.05, 0.1) is 12.7 Å². The number of methoxy groups -OCH3 is 1. The summed E-state index contributed by atoms with van der Waals surface area (Å²) in [5.41, 5.74) is 1.74. The Bertz CT molecular complexity index is 854. The highest BCUT2D eigenvalue weighted by Crippen LogP contribution is 2.30. The van der Waals surface area contributed by atoms with Gasteiger partial charge in [-0.2, -0.15) is 0 Å². The van der Waals surface area contributed by atoms with Gasteiger partial charge in [-0.3, -0.25) is 4.79 Å². The summed E-state index contributed by atoms with van der Waals surface area (Å²) in [5.74, 6) is 1.80. The van der Waals surface area contributed by atoms with Gasteiger partial charge < -0.3 is 13.7 Å². The summed E-state index contributed by atoms with van der Waals surface area (Å²) in [6.07, 6.45) is 0. The predicted molar refractivity (Wildman–Crippen MR) is 90.3 cm³/mol. The minimum absolute atomic E-state index is 0.0586. The lowest BCUT2D eigenvalue weighted by atomic mass is 10.2. The molecule has 0 atom stereocenters. The van der Waals surface area contributed by atoms with Gasteiger partial charge in [-0.1, -0.05) is 35.2 Å². The third-order valence-electron chi connectivity index (χ3n) is 3.26. The average molecular weight is 349 g/mol. The molecule has 2 heterocycles.